The monoisotopic (exact) mass is 341 g/mol. The van der Waals surface area contributed by atoms with E-state index in [9.17, 15) is 9.59 Å². The Hall–Kier alpha value is -2.21. The van der Waals surface area contributed by atoms with Gasteiger partial charge >= 0.3 is 0 Å². The second-order valence-corrected chi connectivity index (χ2v) is 7.57. The van der Waals surface area contributed by atoms with E-state index in [2.05, 4.69) is 4.98 Å². The summed E-state index contributed by atoms with van der Waals surface area (Å²) in [6.45, 7) is 3.94. The summed E-state index contributed by atoms with van der Waals surface area (Å²) in [7, 11) is 1.94. The van der Waals surface area contributed by atoms with Crippen LogP contribution in [-0.4, -0.2) is 19.9 Å². The molecule has 0 atom stereocenters. The minimum absolute atomic E-state index is 0.0384. The average molecular weight is 341 g/mol. The molecule has 0 spiro atoms. The number of hydrogen-bond acceptors (Lipinski definition) is 4. The van der Waals surface area contributed by atoms with E-state index in [1.54, 1.807) is 11.3 Å². The van der Waals surface area contributed by atoms with Gasteiger partial charge in [0.15, 0.2) is 5.78 Å². The number of thiophene rings is 1. The van der Waals surface area contributed by atoms with E-state index in [-0.39, 0.29) is 17.9 Å². The van der Waals surface area contributed by atoms with Crippen LogP contribution in [0.25, 0.3) is 10.2 Å². The molecule has 0 amide bonds. The Balaban J connectivity index is 1.75. The molecule has 0 N–H and O–H groups in total. The Morgan fingerprint density at radius 2 is 2.12 bits per heavy atom. The van der Waals surface area contributed by atoms with Crippen molar-refractivity contribution in [3.63, 3.8) is 0 Å². The summed E-state index contributed by atoms with van der Waals surface area (Å²) in [5, 5.41) is 0.726. The van der Waals surface area contributed by atoms with Crippen molar-refractivity contribution in [1.29, 1.82) is 0 Å². The Bertz CT molecular complexity index is 1040. The van der Waals surface area contributed by atoms with Crippen LogP contribution in [0, 0.1) is 13.8 Å². The molecule has 0 unspecified atom stereocenters. The highest BCUT2D eigenvalue weighted by Gasteiger charge is 2.22. The second-order valence-electron chi connectivity index (χ2n) is 6.48. The number of nitrogens with zero attached hydrogens (tertiary/aromatic N) is 3. The fourth-order valence-corrected chi connectivity index (χ4v) is 4.73. The molecular weight excluding hydrogens is 322 g/mol. The van der Waals surface area contributed by atoms with Crippen LogP contribution in [0.2, 0.25) is 0 Å². The molecule has 0 radical (unpaired) electrons. The lowest BCUT2D eigenvalue weighted by Crippen LogP contribution is -2.25. The molecule has 0 bridgehead atoms. The molecule has 4 rings (SSSR count). The van der Waals surface area contributed by atoms with Crippen LogP contribution < -0.4 is 5.56 Å². The van der Waals surface area contributed by atoms with Crippen LogP contribution in [0.15, 0.2) is 17.2 Å². The van der Waals surface area contributed by atoms with E-state index in [1.807, 2.05) is 31.5 Å². The first-order valence-electron chi connectivity index (χ1n) is 8.13. The van der Waals surface area contributed by atoms with Crippen molar-refractivity contribution >= 4 is 27.3 Å². The number of hydrogen-bond donors (Lipinski definition) is 0. The van der Waals surface area contributed by atoms with Gasteiger partial charge in [-0.15, -0.1) is 11.3 Å². The van der Waals surface area contributed by atoms with E-state index in [4.69, 9.17) is 0 Å². The molecule has 3 heterocycles. The fourth-order valence-electron chi connectivity index (χ4n) is 3.51. The number of rotatable bonds is 3. The van der Waals surface area contributed by atoms with Gasteiger partial charge in [0.2, 0.25) is 0 Å². The van der Waals surface area contributed by atoms with Gasteiger partial charge in [0, 0.05) is 28.9 Å². The number of carbonyl (C=O) groups excluding carboxylic acids is 1. The lowest BCUT2D eigenvalue weighted by molar-refractivity contribution is 0.0970. The van der Waals surface area contributed by atoms with Crippen LogP contribution in [0.5, 0.6) is 0 Å². The number of fused-ring (bicyclic) bond motifs is 3. The molecule has 0 saturated heterocycles. The van der Waals surface area contributed by atoms with Gasteiger partial charge in [-0.05, 0) is 44.7 Å². The minimum atomic E-state index is -0.0851. The predicted octanol–water partition coefficient (Wildman–Crippen LogP) is 2.78. The SMILES string of the molecule is Cc1cc(C(=O)Cn2cnc3sc4c(c3c2=O)CCC4)c(C)n1C. The Morgan fingerprint density at radius 1 is 1.33 bits per heavy atom. The van der Waals surface area contributed by atoms with Crippen LogP contribution in [0.3, 0.4) is 0 Å². The number of Topliss-reactive ketones (excluding diaryl/α,β-unsaturated/α-hetero) is 1. The maximum absolute atomic E-state index is 12.8. The molecule has 3 aromatic heterocycles. The molecule has 0 fully saturated rings. The Kier molecular flexibility index (Phi) is 3.46. The molecule has 0 aliphatic heterocycles. The van der Waals surface area contributed by atoms with Gasteiger partial charge in [0.1, 0.15) is 4.83 Å². The topological polar surface area (TPSA) is 56.9 Å². The van der Waals surface area contributed by atoms with E-state index < -0.39 is 0 Å². The average Bonchev–Trinajstić information content (AvgIpc) is 3.20. The number of aryl methyl sites for hydroxylation is 3. The van der Waals surface area contributed by atoms with Crippen LogP contribution in [0.4, 0.5) is 0 Å². The summed E-state index contributed by atoms with van der Waals surface area (Å²) < 4.78 is 3.45. The van der Waals surface area contributed by atoms with Gasteiger partial charge in [0.05, 0.1) is 18.3 Å². The van der Waals surface area contributed by atoms with Gasteiger partial charge < -0.3 is 4.57 Å². The summed E-state index contributed by atoms with van der Waals surface area (Å²) in [6, 6.07) is 1.89. The molecule has 124 valence electrons. The molecular formula is C18H19N3O2S. The van der Waals surface area contributed by atoms with Crippen LogP contribution >= 0.6 is 11.3 Å². The zero-order chi connectivity index (χ0) is 17.0. The molecule has 1 aliphatic carbocycles. The summed E-state index contributed by atoms with van der Waals surface area (Å²) in [5.41, 5.74) is 3.71. The summed E-state index contributed by atoms with van der Waals surface area (Å²) >= 11 is 1.62. The number of aromatic nitrogens is 3. The largest absolute Gasteiger partial charge is 0.351 e. The van der Waals surface area contributed by atoms with Crippen LogP contribution in [-0.2, 0) is 26.4 Å². The zero-order valence-corrected chi connectivity index (χ0v) is 14.9. The first-order valence-corrected chi connectivity index (χ1v) is 8.95. The maximum atomic E-state index is 12.8. The van der Waals surface area contributed by atoms with Gasteiger partial charge in [-0.3, -0.25) is 14.2 Å². The zero-order valence-electron chi connectivity index (χ0n) is 14.0. The highest BCUT2D eigenvalue weighted by Crippen LogP contribution is 2.34. The first-order chi connectivity index (χ1) is 11.5. The van der Waals surface area contributed by atoms with E-state index >= 15 is 0 Å². The highest BCUT2D eigenvalue weighted by atomic mass is 32.1. The third-order valence-electron chi connectivity index (χ3n) is 5.08. The fraction of sp³-hybridized carbons (Fsp3) is 0.389. The standard InChI is InChI=1S/C18H19N3O2S/c1-10-7-13(11(2)20(10)3)14(22)8-21-9-19-17-16(18(21)23)12-5-4-6-15(12)24-17/h7,9H,4-6,8H2,1-3H3. The molecule has 6 heteroatoms. The second kappa shape index (κ2) is 5.41. The van der Waals surface area contributed by atoms with E-state index in [0.717, 1.165) is 46.4 Å². The number of carbonyl (C=O) groups is 1. The number of ketones is 1. The van der Waals surface area contributed by atoms with Crippen molar-refractivity contribution in [2.75, 3.05) is 0 Å². The maximum Gasteiger partial charge on any atom is 0.262 e. The molecule has 5 nitrogen and oxygen atoms in total. The van der Waals surface area contributed by atoms with Crippen molar-refractivity contribution in [3.8, 4) is 0 Å². The minimum Gasteiger partial charge on any atom is -0.351 e. The van der Waals surface area contributed by atoms with Crippen LogP contribution in [0.1, 0.15) is 38.6 Å². The summed E-state index contributed by atoms with van der Waals surface area (Å²) in [4.78, 5) is 32.0. The lowest BCUT2D eigenvalue weighted by atomic mass is 10.1. The lowest BCUT2D eigenvalue weighted by Gasteiger charge is -2.06. The molecule has 1 aliphatic rings. The first kappa shape index (κ1) is 15.3. The van der Waals surface area contributed by atoms with Crippen molar-refractivity contribution in [2.24, 2.45) is 7.05 Å². The Labute approximate surface area is 143 Å². The van der Waals surface area contributed by atoms with Gasteiger partial charge in [-0.1, -0.05) is 0 Å². The quantitative estimate of drug-likeness (QED) is 0.688. The predicted molar refractivity (Wildman–Crippen MR) is 95.1 cm³/mol. The third kappa shape index (κ3) is 2.17. The van der Waals surface area contributed by atoms with Gasteiger partial charge in [0.25, 0.3) is 5.56 Å². The molecule has 0 aromatic carbocycles. The third-order valence-corrected chi connectivity index (χ3v) is 6.28. The van der Waals surface area contributed by atoms with Crippen molar-refractivity contribution in [2.45, 2.75) is 39.7 Å². The molecule has 3 aromatic rings. The molecule has 24 heavy (non-hydrogen) atoms. The summed E-state index contributed by atoms with van der Waals surface area (Å²) in [5.74, 6) is -0.0497. The highest BCUT2D eigenvalue weighted by molar-refractivity contribution is 7.18. The normalized spacial score (nSPS) is 13.6. The van der Waals surface area contributed by atoms with Crippen molar-refractivity contribution in [3.05, 3.63) is 50.1 Å². The van der Waals surface area contributed by atoms with Gasteiger partial charge in [-0.25, -0.2) is 4.98 Å². The van der Waals surface area contributed by atoms with E-state index in [1.165, 1.54) is 15.8 Å². The van der Waals surface area contributed by atoms with Crippen molar-refractivity contribution in [1.82, 2.24) is 14.1 Å². The smallest absolute Gasteiger partial charge is 0.262 e. The molecule has 0 saturated carbocycles. The summed E-state index contributed by atoms with van der Waals surface area (Å²) in [6.07, 6.45) is 4.60. The van der Waals surface area contributed by atoms with Crippen molar-refractivity contribution < 1.29 is 4.79 Å². The van der Waals surface area contributed by atoms with Gasteiger partial charge in [-0.2, -0.15) is 0 Å². The Morgan fingerprint density at radius 3 is 2.83 bits per heavy atom. The van der Waals surface area contributed by atoms with E-state index in [0.29, 0.717) is 5.56 Å².